The summed E-state index contributed by atoms with van der Waals surface area (Å²) in [5.41, 5.74) is 0.758. The lowest BCUT2D eigenvalue weighted by Gasteiger charge is -2.08. The molecule has 7 heteroatoms. The molecule has 2 N–H and O–H groups in total. The number of nitro benzene ring substituents is 1. The topological polar surface area (TPSA) is 84.3 Å². The van der Waals surface area contributed by atoms with E-state index in [2.05, 4.69) is 10.6 Å². The van der Waals surface area contributed by atoms with E-state index >= 15 is 0 Å². The van der Waals surface area contributed by atoms with Gasteiger partial charge >= 0.3 is 0 Å². The minimum Gasteiger partial charge on any atom is -0.375 e. The van der Waals surface area contributed by atoms with Gasteiger partial charge < -0.3 is 10.6 Å². The second-order valence-corrected chi connectivity index (χ2v) is 4.79. The predicted octanol–water partition coefficient (Wildman–Crippen LogP) is 2.14. The zero-order valence-electron chi connectivity index (χ0n) is 9.90. The number of hydrogen-bond acceptors (Lipinski definition) is 4. The number of halogens is 1. The molecule has 0 unspecified atom stereocenters. The number of nitrogens with zero attached hydrogens (tertiary/aromatic N) is 1. The Morgan fingerprint density at radius 2 is 2.22 bits per heavy atom. The van der Waals surface area contributed by atoms with Crippen molar-refractivity contribution >= 4 is 39.9 Å². The molecule has 6 nitrogen and oxygen atoms in total. The van der Waals surface area contributed by atoms with Crippen LogP contribution in [0.15, 0.2) is 18.2 Å². The molecule has 1 aromatic carbocycles. The number of carbonyl (C=O) groups excluding carboxylic acids is 1. The molecular weight excluding hydrogens is 349 g/mol. The van der Waals surface area contributed by atoms with E-state index in [0.29, 0.717) is 15.8 Å². The van der Waals surface area contributed by atoms with Gasteiger partial charge in [0.15, 0.2) is 0 Å². The Kier molecular flexibility index (Phi) is 5.83. The Morgan fingerprint density at radius 3 is 2.78 bits per heavy atom. The van der Waals surface area contributed by atoms with Crippen LogP contribution in [0.4, 0.5) is 11.4 Å². The summed E-state index contributed by atoms with van der Waals surface area (Å²) in [6, 6.07) is 4.48. The van der Waals surface area contributed by atoms with E-state index in [0.717, 1.165) is 6.42 Å². The van der Waals surface area contributed by atoms with Crippen molar-refractivity contribution in [2.24, 2.45) is 0 Å². The molecule has 0 spiro atoms. The van der Waals surface area contributed by atoms with Crippen LogP contribution in [0.5, 0.6) is 0 Å². The number of anilines is 1. The van der Waals surface area contributed by atoms with E-state index in [-0.39, 0.29) is 18.1 Å². The average molecular weight is 363 g/mol. The maximum absolute atomic E-state index is 11.4. The molecule has 0 aliphatic heterocycles. The van der Waals surface area contributed by atoms with Crippen LogP contribution in [0, 0.1) is 13.7 Å². The number of nitro groups is 1. The summed E-state index contributed by atoms with van der Waals surface area (Å²) in [6.07, 6.45) is 0.890. The molecule has 0 aliphatic rings. The highest BCUT2D eigenvalue weighted by Crippen LogP contribution is 2.23. The van der Waals surface area contributed by atoms with E-state index in [4.69, 9.17) is 0 Å². The minimum atomic E-state index is -0.445. The molecule has 1 aromatic rings. The molecule has 1 amide bonds. The Hall–Kier alpha value is -1.38. The zero-order chi connectivity index (χ0) is 13.5. The number of non-ortho nitro benzene ring substituents is 1. The van der Waals surface area contributed by atoms with Crippen LogP contribution in [0.2, 0.25) is 0 Å². The molecule has 0 atom stereocenters. The van der Waals surface area contributed by atoms with Gasteiger partial charge in [-0.2, -0.15) is 0 Å². The summed E-state index contributed by atoms with van der Waals surface area (Å²) in [4.78, 5) is 21.5. The van der Waals surface area contributed by atoms with Gasteiger partial charge in [-0.3, -0.25) is 14.9 Å². The van der Waals surface area contributed by atoms with Crippen LogP contribution in [0.3, 0.4) is 0 Å². The summed E-state index contributed by atoms with van der Waals surface area (Å²) >= 11 is 2.00. The molecule has 0 saturated heterocycles. The molecule has 0 heterocycles. The third kappa shape index (κ3) is 4.47. The van der Waals surface area contributed by atoms with Gasteiger partial charge in [0.05, 0.1) is 11.5 Å². The standard InChI is InChI=1S/C11H14IN3O3/c1-2-5-13-11(16)7-14-10-4-3-8(15(17)18)6-9(10)12/h3-4,6,14H,2,5,7H2,1H3,(H,13,16). The summed E-state index contributed by atoms with van der Waals surface area (Å²) in [7, 11) is 0. The Bertz CT molecular complexity index is 451. The molecule has 0 radical (unpaired) electrons. The third-order valence-electron chi connectivity index (χ3n) is 2.18. The highest BCUT2D eigenvalue weighted by atomic mass is 127. The zero-order valence-corrected chi connectivity index (χ0v) is 12.1. The number of amides is 1. The highest BCUT2D eigenvalue weighted by molar-refractivity contribution is 14.1. The molecular formula is C11H14IN3O3. The van der Waals surface area contributed by atoms with Crippen LogP contribution in [0.25, 0.3) is 0 Å². The predicted molar refractivity (Wildman–Crippen MR) is 77.6 cm³/mol. The highest BCUT2D eigenvalue weighted by Gasteiger charge is 2.09. The fourth-order valence-corrected chi connectivity index (χ4v) is 1.95. The first-order chi connectivity index (χ1) is 8.54. The van der Waals surface area contributed by atoms with E-state index in [9.17, 15) is 14.9 Å². The lowest BCUT2D eigenvalue weighted by molar-refractivity contribution is -0.384. The van der Waals surface area contributed by atoms with Crippen molar-refractivity contribution in [2.75, 3.05) is 18.4 Å². The maximum atomic E-state index is 11.4. The van der Waals surface area contributed by atoms with Crippen LogP contribution >= 0.6 is 22.6 Å². The van der Waals surface area contributed by atoms with Crippen molar-refractivity contribution in [2.45, 2.75) is 13.3 Å². The van der Waals surface area contributed by atoms with Crippen LogP contribution in [0.1, 0.15) is 13.3 Å². The van der Waals surface area contributed by atoms with Crippen LogP contribution in [-0.2, 0) is 4.79 Å². The summed E-state index contributed by atoms with van der Waals surface area (Å²) in [5, 5.41) is 16.3. The van der Waals surface area contributed by atoms with Gasteiger partial charge in [0.1, 0.15) is 0 Å². The lowest BCUT2D eigenvalue weighted by atomic mass is 10.3. The van der Waals surface area contributed by atoms with Crippen molar-refractivity contribution in [1.82, 2.24) is 5.32 Å². The molecule has 1 rings (SSSR count). The first kappa shape index (κ1) is 14.7. The number of rotatable bonds is 6. The monoisotopic (exact) mass is 363 g/mol. The Labute approximate surface area is 118 Å². The van der Waals surface area contributed by atoms with Gasteiger partial charge in [0.2, 0.25) is 5.91 Å². The fraction of sp³-hybridized carbons (Fsp3) is 0.364. The third-order valence-corrected chi connectivity index (χ3v) is 3.07. The number of benzene rings is 1. The van der Waals surface area contributed by atoms with Crippen molar-refractivity contribution < 1.29 is 9.72 Å². The van der Waals surface area contributed by atoms with Gasteiger partial charge in [-0.25, -0.2) is 0 Å². The summed E-state index contributed by atoms with van der Waals surface area (Å²) in [6.45, 7) is 2.79. The normalized spacial score (nSPS) is 9.89. The first-order valence-corrected chi connectivity index (χ1v) is 6.57. The van der Waals surface area contributed by atoms with Crippen LogP contribution in [-0.4, -0.2) is 23.9 Å². The minimum absolute atomic E-state index is 0.0420. The summed E-state index contributed by atoms with van der Waals surface area (Å²) < 4.78 is 0.713. The van der Waals surface area contributed by atoms with E-state index < -0.39 is 4.92 Å². The van der Waals surface area contributed by atoms with Gasteiger partial charge in [0, 0.05) is 27.9 Å². The average Bonchev–Trinajstić information content (AvgIpc) is 2.34. The molecule has 0 saturated carbocycles. The van der Waals surface area contributed by atoms with Gasteiger partial charge in [0.25, 0.3) is 5.69 Å². The molecule has 0 bridgehead atoms. The summed E-state index contributed by atoms with van der Waals surface area (Å²) in [5.74, 6) is -0.0917. The van der Waals surface area contributed by atoms with Gasteiger partial charge in [-0.1, -0.05) is 6.92 Å². The smallest absolute Gasteiger partial charge is 0.270 e. The molecule has 98 valence electrons. The number of nitrogens with one attached hydrogen (secondary N) is 2. The first-order valence-electron chi connectivity index (χ1n) is 5.49. The number of hydrogen-bond donors (Lipinski definition) is 2. The maximum Gasteiger partial charge on any atom is 0.270 e. The van der Waals surface area contributed by atoms with Crippen molar-refractivity contribution in [3.05, 3.63) is 31.9 Å². The Morgan fingerprint density at radius 1 is 1.50 bits per heavy atom. The SMILES string of the molecule is CCCNC(=O)CNc1ccc([N+](=O)[O-])cc1I. The lowest BCUT2D eigenvalue weighted by Crippen LogP contribution is -2.30. The van der Waals surface area contributed by atoms with Crippen molar-refractivity contribution in [3.8, 4) is 0 Å². The molecule has 0 fully saturated rings. The fourth-order valence-electron chi connectivity index (χ4n) is 1.26. The van der Waals surface area contributed by atoms with Crippen molar-refractivity contribution in [3.63, 3.8) is 0 Å². The van der Waals surface area contributed by atoms with E-state index in [1.165, 1.54) is 12.1 Å². The van der Waals surface area contributed by atoms with Crippen molar-refractivity contribution in [1.29, 1.82) is 0 Å². The van der Waals surface area contributed by atoms with E-state index in [1.807, 2.05) is 29.5 Å². The van der Waals surface area contributed by atoms with E-state index in [1.54, 1.807) is 6.07 Å². The van der Waals surface area contributed by atoms with Crippen LogP contribution < -0.4 is 10.6 Å². The number of carbonyl (C=O) groups is 1. The molecule has 18 heavy (non-hydrogen) atoms. The largest absolute Gasteiger partial charge is 0.375 e. The second-order valence-electron chi connectivity index (χ2n) is 3.62. The van der Waals surface area contributed by atoms with Gasteiger partial charge in [-0.15, -0.1) is 0 Å². The molecule has 0 aliphatic carbocycles. The molecule has 0 aromatic heterocycles. The van der Waals surface area contributed by atoms with Gasteiger partial charge in [-0.05, 0) is 35.1 Å². The Balaban J connectivity index is 2.58. The quantitative estimate of drug-likeness (QED) is 0.461. The second kappa shape index (κ2) is 7.14.